The van der Waals surface area contributed by atoms with Crippen LogP contribution in [0.1, 0.15) is 5.56 Å². The van der Waals surface area contributed by atoms with E-state index in [9.17, 15) is 22.0 Å². The number of aryl methyl sites for hydroxylation is 2. The zero-order valence-corrected chi connectivity index (χ0v) is 22.9. The molecule has 0 radical (unpaired) electrons. The van der Waals surface area contributed by atoms with E-state index in [1.807, 2.05) is 36.4 Å². The molecular formula is C29H23F2N7O3S. The first-order chi connectivity index (χ1) is 20.1. The van der Waals surface area contributed by atoms with Gasteiger partial charge < -0.3 is 5.73 Å². The van der Waals surface area contributed by atoms with Gasteiger partial charge in [0.25, 0.3) is 5.56 Å². The van der Waals surface area contributed by atoms with Gasteiger partial charge in [-0.3, -0.25) is 13.9 Å². The first-order valence-electron chi connectivity index (χ1n) is 12.7. The smallest absolute Gasteiger partial charge is 0.263 e. The maximum Gasteiger partial charge on any atom is 0.263 e. The topological polar surface area (TPSA) is 137 Å². The van der Waals surface area contributed by atoms with Crippen LogP contribution in [0.25, 0.3) is 38.9 Å². The lowest BCUT2D eigenvalue weighted by molar-refractivity contribution is 0.606. The summed E-state index contributed by atoms with van der Waals surface area (Å²) >= 11 is 0. The lowest BCUT2D eigenvalue weighted by Crippen LogP contribution is -2.19. The molecule has 4 aromatic heterocycles. The molecule has 0 fully saturated rings. The Labute approximate surface area is 238 Å². The SMILES string of the molecule is CS(=O)(=O)Nc1cc(F)cc(-c2nn(CCc3cc4ccc(F)cn4c(=O)c3-c3ccccc3)c3ncnc(N)c23)c1. The zero-order valence-electron chi connectivity index (χ0n) is 22.1. The number of hydrogen-bond acceptors (Lipinski definition) is 7. The van der Waals surface area contributed by atoms with Crippen molar-refractivity contribution in [2.24, 2.45) is 0 Å². The minimum Gasteiger partial charge on any atom is -0.383 e. The lowest BCUT2D eigenvalue weighted by Gasteiger charge is -2.13. The van der Waals surface area contributed by atoms with E-state index in [2.05, 4.69) is 19.8 Å². The molecule has 13 heteroatoms. The Morgan fingerprint density at radius 3 is 2.50 bits per heavy atom. The molecule has 10 nitrogen and oxygen atoms in total. The summed E-state index contributed by atoms with van der Waals surface area (Å²) in [6, 6.07) is 17.5. The summed E-state index contributed by atoms with van der Waals surface area (Å²) in [4.78, 5) is 22.0. The van der Waals surface area contributed by atoms with Crippen LogP contribution >= 0.6 is 0 Å². The molecule has 4 heterocycles. The van der Waals surface area contributed by atoms with Crippen LogP contribution in [0.3, 0.4) is 0 Å². The van der Waals surface area contributed by atoms with Crippen LogP contribution < -0.4 is 16.0 Å². The first kappa shape index (κ1) is 27.0. The minimum absolute atomic E-state index is 0.0196. The fraction of sp³-hybridized carbons (Fsp3) is 0.103. The Bertz CT molecular complexity index is 2160. The van der Waals surface area contributed by atoms with Crippen molar-refractivity contribution < 1.29 is 17.2 Å². The first-order valence-corrected chi connectivity index (χ1v) is 14.6. The number of nitrogen functional groups attached to an aromatic ring is 1. The summed E-state index contributed by atoms with van der Waals surface area (Å²) in [7, 11) is -3.67. The van der Waals surface area contributed by atoms with Gasteiger partial charge >= 0.3 is 0 Å². The van der Waals surface area contributed by atoms with E-state index in [1.54, 1.807) is 4.68 Å². The number of nitrogens with zero attached hydrogens (tertiary/aromatic N) is 5. The van der Waals surface area contributed by atoms with Gasteiger partial charge in [-0.1, -0.05) is 30.3 Å². The van der Waals surface area contributed by atoms with Crippen molar-refractivity contribution in [1.29, 1.82) is 0 Å². The van der Waals surface area contributed by atoms with E-state index in [0.717, 1.165) is 18.5 Å². The molecule has 0 atom stereocenters. The highest BCUT2D eigenvalue weighted by atomic mass is 32.2. The lowest BCUT2D eigenvalue weighted by atomic mass is 9.98. The van der Waals surface area contributed by atoms with Crippen LogP contribution in [0.2, 0.25) is 0 Å². The molecule has 42 heavy (non-hydrogen) atoms. The van der Waals surface area contributed by atoms with Gasteiger partial charge in [-0.05, 0) is 53.9 Å². The van der Waals surface area contributed by atoms with Crippen LogP contribution in [-0.2, 0) is 23.0 Å². The van der Waals surface area contributed by atoms with E-state index >= 15 is 0 Å². The van der Waals surface area contributed by atoms with Gasteiger partial charge in [-0.25, -0.2) is 31.8 Å². The molecule has 0 bridgehead atoms. The molecule has 6 rings (SSSR count). The minimum atomic E-state index is -3.67. The van der Waals surface area contributed by atoms with Crippen molar-refractivity contribution in [3.8, 4) is 22.4 Å². The Kier molecular flexibility index (Phi) is 6.65. The summed E-state index contributed by atoms with van der Waals surface area (Å²) in [5, 5.41) is 5.04. The number of nitrogens with one attached hydrogen (secondary N) is 1. The van der Waals surface area contributed by atoms with Crippen LogP contribution in [0.15, 0.2) is 84.0 Å². The quantitative estimate of drug-likeness (QED) is 0.285. The highest BCUT2D eigenvalue weighted by molar-refractivity contribution is 7.92. The van der Waals surface area contributed by atoms with Crippen molar-refractivity contribution in [1.82, 2.24) is 24.1 Å². The number of aromatic nitrogens is 5. The Hall–Kier alpha value is -5.17. The third kappa shape index (κ3) is 5.17. The Morgan fingerprint density at radius 2 is 1.74 bits per heavy atom. The second-order valence-electron chi connectivity index (χ2n) is 9.74. The van der Waals surface area contributed by atoms with Crippen molar-refractivity contribution >= 4 is 38.1 Å². The van der Waals surface area contributed by atoms with E-state index in [1.165, 1.54) is 35.0 Å². The monoisotopic (exact) mass is 587 g/mol. The third-order valence-electron chi connectivity index (χ3n) is 6.71. The van der Waals surface area contributed by atoms with Crippen molar-refractivity contribution in [3.63, 3.8) is 0 Å². The fourth-order valence-corrected chi connectivity index (χ4v) is 5.56. The number of fused-ring (bicyclic) bond motifs is 2. The predicted octanol–water partition coefficient (Wildman–Crippen LogP) is 4.25. The molecule has 0 unspecified atom stereocenters. The van der Waals surface area contributed by atoms with Crippen LogP contribution in [0, 0.1) is 11.6 Å². The predicted molar refractivity (Wildman–Crippen MR) is 156 cm³/mol. The molecule has 0 spiro atoms. The number of pyridine rings is 2. The highest BCUT2D eigenvalue weighted by Crippen LogP contribution is 2.33. The van der Waals surface area contributed by atoms with E-state index < -0.39 is 21.7 Å². The van der Waals surface area contributed by atoms with E-state index in [4.69, 9.17) is 5.73 Å². The average Bonchev–Trinajstić information content (AvgIpc) is 3.31. The fourth-order valence-electron chi connectivity index (χ4n) is 5.01. The van der Waals surface area contributed by atoms with Gasteiger partial charge in [0.15, 0.2) is 5.65 Å². The zero-order chi connectivity index (χ0) is 29.6. The molecule has 2 aromatic carbocycles. The number of anilines is 2. The Balaban J connectivity index is 1.46. The summed E-state index contributed by atoms with van der Waals surface area (Å²) < 4.78 is 57.3. The van der Waals surface area contributed by atoms with Crippen LogP contribution in [0.5, 0.6) is 0 Å². The molecule has 0 aliphatic heterocycles. The van der Waals surface area contributed by atoms with Gasteiger partial charge in [0.05, 0.1) is 22.9 Å². The molecule has 0 saturated carbocycles. The molecule has 6 aromatic rings. The number of rotatable bonds is 7. The molecule has 3 N–H and O–H groups in total. The number of sulfonamides is 1. The Morgan fingerprint density at radius 1 is 0.952 bits per heavy atom. The number of hydrogen-bond donors (Lipinski definition) is 2. The van der Waals surface area contributed by atoms with E-state index in [-0.39, 0.29) is 34.9 Å². The molecular weight excluding hydrogens is 564 g/mol. The number of halogens is 2. The van der Waals surface area contributed by atoms with Gasteiger partial charge in [0.1, 0.15) is 29.5 Å². The molecule has 0 aliphatic rings. The van der Waals surface area contributed by atoms with Gasteiger partial charge in [-0.2, -0.15) is 5.10 Å². The second kappa shape index (κ2) is 10.3. The summed E-state index contributed by atoms with van der Waals surface area (Å²) in [6.45, 7) is 0.243. The third-order valence-corrected chi connectivity index (χ3v) is 7.31. The van der Waals surface area contributed by atoms with Crippen LogP contribution in [0.4, 0.5) is 20.3 Å². The van der Waals surface area contributed by atoms with Crippen molar-refractivity contribution in [2.45, 2.75) is 13.0 Å². The number of nitrogens with two attached hydrogens (primary N) is 1. The standard InChI is InChI=1S/C29H23F2N7O3S/c1-42(40,41)36-22-12-19(11-21(31)14-22)26-25-27(32)33-16-34-28(25)38(35-26)10-9-18-13-23-8-7-20(30)15-37(23)29(39)24(18)17-5-3-2-4-6-17/h2-8,11-16,36H,9-10H2,1H3,(H2,32,33,34). The molecule has 0 saturated heterocycles. The molecule has 212 valence electrons. The largest absolute Gasteiger partial charge is 0.383 e. The van der Waals surface area contributed by atoms with Gasteiger partial charge in [-0.15, -0.1) is 0 Å². The van der Waals surface area contributed by atoms with Gasteiger partial charge in [0.2, 0.25) is 10.0 Å². The summed E-state index contributed by atoms with van der Waals surface area (Å²) in [6.07, 6.45) is 3.74. The van der Waals surface area contributed by atoms with Crippen molar-refractivity contribution in [3.05, 3.63) is 107 Å². The summed E-state index contributed by atoms with van der Waals surface area (Å²) in [5.74, 6) is -1.10. The van der Waals surface area contributed by atoms with Crippen molar-refractivity contribution in [2.75, 3.05) is 16.7 Å². The van der Waals surface area contributed by atoms with E-state index in [0.29, 0.717) is 39.7 Å². The average molecular weight is 588 g/mol. The van der Waals surface area contributed by atoms with Crippen LogP contribution in [-0.4, -0.2) is 38.8 Å². The highest BCUT2D eigenvalue weighted by Gasteiger charge is 2.20. The summed E-state index contributed by atoms with van der Waals surface area (Å²) in [5.41, 5.74) is 9.09. The molecule has 0 aliphatic carbocycles. The number of benzene rings is 2. The normalized spacial score (nSPS) is 11.8. The maximum absolute atomic E-state index is 14.6. The molecule has 0 amide bonds. The maximum atomic E-state index is 14.6. The van der Waals surface area contributed by atoms with Gasteiger partial charge in [0, 0.05) is 23.8 Å². The second-order valence-corrected chi connectivity index (χ2v) is 11.5.